The zero-order valence-corrected chi connectivity index (χ0v) is 11.5. The molecule has 0 radical (unpaired) electrons. The van der Waals surface area contributed by atoms with Gasteiger partial charge in [-0.15, -0.1) is 10.2 Å². The summed E-state index contributed by atoms with van der Waals surface area (Å²) >= 11 is 3.33. The fraction of sp³-hybridized carbons (Fsp3) is 0. The predicted octanol–water partition coefficient (Wildman–Crippen LogP) is 2.41. The number of azo groups is 1. The van der Waals surface area contributed by atoms with Gasteiger partial charge in [-0.05, 0) is 24.3 Å². The Labute approximate surface area is 120 Å². The van der Waals surface area contributed by atoms with Crippen LogP contribution in [0, 0.1) is 0 Å². The fourth-order valence-corrected chi connectivity index (χ4v) is 1.84. The smallest absolute Gasteiger partial charge is 0.278 e. The molecule has 20 heavy (non-hydrogen) atoms. The molecule has 0 spiro atoms. The minimum atomic E-state index is -0.398. The van der Waals surface area contributed by atoms with Crippen molar-refractivity contribution in [3.8, 4) is 0 Å². The summed E-state index contributed by atoms with van der Waals surface area (Å²) < 4.78 is 0.950. The molecule has 0 aliphatic rings. The second-order valence-electron chi connectivity index (χ2n) is 3.89. The molecule has 8 nitrogen and oxygen atoms in total. The lowest BCUT2D eigenvalue weighted by molar-refractivity contribution is 1.13. The number of aromatic amines is 2. The van der Waals surface area contributed by atoms with Gasteiger partial charge in [0.1, 0.15) is 0 Å². The van der Waals surface area contributed by atoms with E-state index >= 15 is 0 Å². The summed E-state index contributed by atoms with van der Waals surface area (Å²) in [6, 6.07) is 7.28. The number of benzene rings is 1. The molecule has 2 heterocycles. The van der Waals surface area contributed by atoms with Crippen LogP contribution in [0.1, 0.15) is 0 Å². The van der Waals surface area contributed by atoms with E-state index in [4.69, 9.17) is 5.73 Å². The van der Waals surface area contributed by atoms with Crippen molar-refractivity contribution in [2.24, 2.45) is 10.2 Å². The van der Waals surface area contributed by atoms with Crippen molar-refractivity contribution in [2.75, 3.05) is 5.73 Å². The normalized spacial score (nSPS) is 11.4. The standard InChI is InChI=1S/C11H8BrN7O/c12-5-1-3-6(4-2-5)18-19-11-14-7-8(16-11)15-10(13)17-9(7)20/h1-4H,(H4,13,14,15,16,17,20)/i7+1,8+1,16+1. The fourth-order valence-electron chi connectivity index (χ4n) is 1.57. The molecule has 3 aromatic rings. The van der Waals surface area contributed by atoms with Gasteiger partial charge in [-0.3, -0.25) is 9.78 Å². The first-order chi connectivity index (χ1) is 9.61. The quantitative estimate of drug-likeness (QED) is 0.621. The molecule has 0 unspecified atom stereocenters. The average Bonchev–Trinajstić information content (AvgIpc) is 2.81. The van der Waals surface area contributed by atoms with Crippen LogP contribution in [0.5, 0.6) is 0 Å². The summed E-state index contributed by atoms with van der Waals surface area (Å²) in [5.74, 6) is 0.192. The highest BCUT2D eigenvalue weighted by Crippen LogP contribution is 2.19. The highest BCUT2D eigenvalue weighted by atomic mass is 79.9. The van der Waals surface area contributed by atoms with E-state index in [-0.39, 0.29) is 23.1 Å². The van der Waals surface area contributed by atoms with Crippen LogP contribution in [0.4, 0.5) is 17.6 Å². The highest BCUT2D eigenvalue weighted by Gasteiger charge is 2.07. The maximum absolute atomic E-state index is 11.6. The number of nitrogen functional groups attached to an aromatic ring is 1. The van der Waals surface area contributed by atoms with Gasteiger partial charge in [0.15, 0.2) is 11.2 Å². The number of imidazole rings is 1. The first-order valence-electron chi connectivity index (χ1n) is 5.54. The first-order valence-corrected chi connectivity index (χ1v) is 6.34. The summed E-state index contributed by atoms with van der Waals surface area (Å²) in [6.07, 6.45) is 0. The Morgan fingerprint density at radius 1 is 1.10 bits per heavy atom. The van der Waals surface area contributed by atoms with E-state index < -0.39 is 5.56 Å². The van der Waals surface area contributed by atoms with E-state index in [2.05, 4.69) is 46.1 Å². The minimum absolute atomic E-state index is 0.00500. The second kappa shape index (κ2) is 4.85. The lowest BCUT2D eigenvalue weighted by Crippen LogP contribution is -2.10. The summed E-state index contributed by atoms with van der Waals surface area (Å²) in [7, 11) is 0. The molecule has 0 atom stereocenters. The van der Waals surface area contributed by atoms with Crippen molar-refractivity contribution >= 4 is 44.7 Å². The van der Waals surface area contributed by atoms with E-state index in [1.165, 1.54) is 0 Å². The Morgan fingerprint density at radius 2 is 1.85 bits per heavy atom. The van der Waals surface area contributed by atoms with Crippen LogP contribution in [-0.2, 0) is 0 Å². The molecular weight excluding hydrogens is 329 g/mol. The summed E-state index contributed by atoms with van der Waals surface area (Å²) in [5, 5.41) is 7.93. The molecule has 0 saturated heterocycles. The van der Waals surface area contributed by atoms with Crippen LogP contribution in [0.3, 0.4) is 0 Å². The van der Waals surface area contributed by atoms with Crippen molar-refractivity contribution in [1.29, 1.82) is 0 Å². The first kappa shape index (κ1) is 12.5. The Hall–Kier alpha value is -2.55. The molecule has 3 rings (SSSR count). The van der Waals surface area contributed by atoms with Gasteiger partial charge in [-0.25, -0.2) is 0 Å². The lowest BCUT2D eigenvalue weighted by atomic mass is 10.3. The Balaban J connectivity index is 1.97. The number of halogens is 1. The zero-order valence-electron chi connectivity index (χ0n) is 9.96. The van der Waals surface area contributed by atoms with Crippen molar-refractivity contribution < 1.29 is 0 Å². The summed E-state index contributed by atoms with van der Waals surface area (Å²) in [4.78, 5) is 24.6. The molecule has 9 heteroatoms. The number of nitrogens with one attached hydrogen (secondary N) is 2. The van der Waals surface area contributed by atoms with E-state index in [0.717, 1.165) is 4.47 Å². The number of nitrogens with zero attached hydrogens (tertiary/aromatic N) is 4. The van der Waals surface area contributed by atoms with E-state index in [9.17, 15) is 4.79 Å². The van der Waals surface area contributed by atoms with Gasteiger partial charge >= 0.3 is 0 Å². The number of hydrogen-bond donors (Lipinski definition) is 3. The van der Waals surface area contributed by atoms with Gasteiger partial charge in [0.25, 0.3) is 5.56 Å². The van der Waals surface area contributed by atoms with Gasteiger partial charge in [0.05, 0.1) is 5.69 Å². The molecule has 100 valence electrons. The van der Waals surface area contributed by atoms with E-state index in [1.807, 2.05) is 12.1 Å². The molecule has 0 aliphatic carbocycles. The zero-order chi connectivity index (χ0) is 14.1. The van der Waals surface area contributed by atoms with Gasteiger partial charge in [0.2, 0.25) is 11.9 Å². The monoisotopic (exact) mass is 336 g/mol. The van der Waals surface area contributed by atoms with Gasteiger partial charge < -0.3 is 10.7 Å². The summed E-state index contributed by atoms with van der Waals surface area (Å²) in [6.45, 7) is 0. The topological polar surface area (TPSA) is 125 Å². The number of nitrogens with two attached hydrogens (primary N) is 1. The van der Waals surface area contributed by atoms with Crippen LogP contribution < -0.4 is 11.3 Å². The van der Waals surface area contributed by atoms with Crippen molar-refractivity contribution in [1.82, 2.24) is 19.9 Å². The van der Waals surface area contributed by atoms with Gasteiger partial charge in [0, 0.05) is 4.47 Å². The molecule has 4 N–H and O–H groups in total. The van der Waals surface area contributed by atoms with E-state index in [0.29, 0.717) is 5.69 Å². The third-order valence-corrected chi connectivity index (χ3v) is 2.98. The molecule has 0 saturated carbocycles. The summed E-state index contributed by atoms with van der Waals surface area (Å²) in [5.41, 5.74) is 6.11. The highest BCUT2D eigenvalue weighted by molar-refractivity contribution is 9.10. The molecule has 0 fully saturated rings. The van der Waals surface area contributed by atoms with Crippen molar-refractivity contribution in [2.45, 2.75) is 0 Å². The number of hydrogen-bond acceptors (Lipinski definition) is 6. The minimum Gasteiger partial charge on any atom is -0.369 e. The second-order valence-corrected chi connectivity index (χ2v) is 4.80. The number of fused-ring (bicyclic) bond motifs is 1. The number of anilines is 1. The number of H-pyrrole nitrogens is 2. The van der Waals surface area contributed by atoms with Crippen LogP contribution >= 0.6 is 15.9 Å². The number of rotatable bonds is 2. The van der Waals surface area contributed by atoms with Crippen LogP contribution in [0.2, 0.25) is 0 Å². The Bertz CT molecular complexity index is 849. The van der Waals surface area contributed by atoms with Crippen LogP contribution in [-0.4, -0.2) is 19.9 Å². The van der Waals surface area contributed by atoms with Gasteiger partial charge in [-0.1, -0.05) is 15.9 Å². The molecule has 2 aromatic heterocycles. The molecule has 1 aromatic carbocycles. The van der Waals surface area contributed by atoms with Crippen molar-refractivity contribution in [3.05, 3.63) is 39.1 Å². The lowest BCUT2D eigenvalue weighted by Gasteiger charge is -1.90. The van der Waals surface area contributed by atoms with Gasteiger partial charge in [-0.2, -0.15) is 9.97 Å². The maximum atomic E-state index is 11.6. The SMILES string of the molecule is Nc1n[13c]2[15n]c(N=Nc3ccc(Br)cc3)[nH][13c]2c(=O)[nH]1. The maximum Gasteiger partial charge on any atom is 0.278 e. The third kappa shape index (κ3) is 2.43. The predicted molar refractivity (Wildman–Crippen MR) is 77.2 cm³/mol. The van der Waals surface area contributed by atoms with Crippen LogP contribution in [0.25, 0.3) is 11.2 Å². The molecule has 0 bridgehead atoms. The van der Waals surface area contributed by atoms with Crippen molar-refractivity contribution in [3.63, 3.8) is 0 Å². The Kier molecular flexibility index (Phi) is 3.03. The number of aromatic nitrogens is 4. The molecule has 0 amide bonds. The molecule has 0 aliphatic heterocycles. The van der Waals surface area contributed by atoms with Crippen LogP contribution in [0.15, 0.2) is 43.8 Å². The Morgan fingerprint density at radius 3 is 2.60 bits per heavy atom. The molecular formula is C11H8BrN7O. The third-order valence-electron chi connectivity index (χ3n) is 2.45. The van der Waals surface area contributed by atoms with E-state index in [1.54, 1.807) is 12.1 Å². The largest absolute Gasteiger partial charge is 0.369 e. The average molecular weight is 337 g/mol.